The summed E-state index contributed by atoms with van der Waals surface area (Å²) in [5.74, 6) is -1.18. The molecule has 0 saturated carbocycles. The number of benzene rings is 1. The minimum absolute atomic E-state index is 0.0225. The molecule has 0 fully saturated rings. The first-order valence-electron chi connectivity index (χ1n) is 10.9. The van der Waals surface area contributed by atoms with Crippen LogP contribution in [0, 0.1) is 21.4 Å². The number of carbonyl (C=O) groups excluding carboxylic acids is 3. The highest BCUT2D eigenvalue weighted by Crippen LogP contribution is 2.24. The fraction of sp³-hybridized carbons (Fsp3) is 0.609. The molecule has 0 bridgehead atoms. The lowest BCUT2D eigenvalue weighted by atomic mass is 9.93. The molecule has 0 heterocycles. The monoisotopic (exact) mass is 482 g/mol. The van der Waals surface area contributed by atoms with Crippen molar-refractivity contribution in [3.8, 4) is 0 Å². The van der Waals surface area contributed by atoms with Crippen LogP contribution >= 0.6 is 11.8 Å². The van der Waals surface area contributed by atoms with Gasteiger partial charge < -0.3 is 14.9 Å². The van der Waals surface area contributed by atoms with Crippen molar-refractivity contribution < 1.29 is 29.0 Å². The molecule has 0 aliphatic rings. The minimum atomic E-state index is -1.27. The van der Waals surface area contributed by atoms with Crippen molar-refractivity contribution in [1.82, 2.24) is 5.32 Å². The summed E-state index contributed by atoms with van der Waals surface area (Å²) in [6.45, 7) is 10.3. The van der Waals surface area contributed by atoms with Crippen molar-refractivity contribution >= 4 is 28.8 Å². The largest absolute Gasteiger partial charge is 0.464 e. The molecule has 1 amide bonds. The molecule has 2 atom stereocenters. The highest BCUT2D eigenvalue weighted by atomic mass is 32.2. The molecule has 1 aromatic carbocycles. The third-order valence-electron chi connectivity index (χ3n) is 4.89. The van der Waals surface area contributed by atoms with Gasteiger partial charge in [0.2, 0.25) is 5.91 Å². The van der Waals surface area contributed by atoms with E-state index in [0.29, 0.717) is 5.92 Å². The van der Waals surface area contributed by atoms with Crippen LogP contribution in [0.1, 0.15) is 58.6 Å². The van der Waals surface area contributed by atoms with Gasteiger partial charge in [0.25, 0.3) is 5.09 Å². The van der Waals surface area contributed by atoms with E-state index in [2.05, 4.69) is 24.0 Å². The number of nitrogens with one attached hydrogen (secondary N) is 1. The second-order valence-corrected chi connectivity index (χ2v) is 9.87. The molecule has 0 aliphatic carbocycles. The van der Waals surface area contributed by atoms with E-state index in [1.165, 1.54) is 19.4 Å². The first kappa shape index (κ1) is 28.4. The lowest BCUT2D eigenvalue weighted by Crippen LogP contribution is -2.50. The molecule has 0 radical (unpaired) electrons. The van der Waals surface area contributed by atoms with E-state index in [0.717, 1.165) is 23.7 Å². The Balaban J connectivity index is 2.80. The van der Waals surface area contributed by atoms with Gasteiger partial charge in [-0.3, -0.25) is 9.59 Å². The third kappa shape index (κ3) is 9.81. The van der Waals surface area contributed by atoms with Gasteiger partial charge in [-0.15, -0.1) is 10.1 Å². The van der Waals surface area contributed by atoms with Crippen molar-refractivity contribution in [2.75, 3.05) is 19.0 Å². The summed E-state index contributed by atoms with van der Waals surface area (Å²) in [5.41, 5.74) is 0.807. The SMILES string of the molecule is CCOC(=O)[C@H](CSC(=O)[C@@H](C)c1ccc(CC(C)C)cc1)NC(=O)C(C)(C)CO[N+](=O)[O-]. The first-order chi connectivity index (χ1) is 15.4. The Bertz CT molecular complexity index is 825. The van der Waals surface area contributed by atoms with Crippen LogP contribution < -0.4 is 5.32 Å². The second-order valence-electron chi connectivity index (χ2n) is 8.85. The third-order valence-corrected chi connectivity index (χ3v) is 6.03. The maximum Gasteiger partial charge on any atom is 0.329 e. The van der Waals surface area contributed by atoms with Gasteiger partial charge in [0.1, 0.15) is 12.6 Å². The molecule has 0 saturated heterocycles. The van der Waals surface area contributed by atoms with E-state index in [4.69, 9.17) is 4.74 Å². The average Bonchev–Trinajstić information content (AvgIpc) is 2.74. The molecule has 1 N–H and O–H groups in total. The van der Waals surface area contributed by atoms with Crippen molar-refractivity contribution in [3.63, 3.8) is 0 Å². The Kier molecular flexibility index (Phi) is 11.3. The maximum absolute atomic E-state index is 12.8. The molecule has 1 aromatic rings. The van der Waals surface area contributed by atoms with Gasteiger partial charge in [-0.1, -0.05) is 56.8 Å². The Morgan fingerprint density at radius 3 is 2.27 bits per heavy atom. The molecule has 33 heavy (non-hydrogen) atoms. The van der Waals surface area contributed by atoms with Crippen molar-refractivity contribution in [2.24, 2.45) is 11.3 Å². The van der Waals surface area contributed by atoms with Crippen LogP contribution in [0.2, 0.25) is 0 Å². The number of rotatable bonds is 13. The number of ether oxygens (including phenoxy) is 1. The normalized spacial score (nSPS) is 13.2. The highest BCUT2D eigenvalue weighted by molar-refractivity contribution is 8.13. The number of esters is 1. The Labute approximate surface area is 199 Å². The predicted octanol–water partition coefficient (Wildman–Crippen LogP) is 3.53. The summed E-state index contributed by atoms with van der Waals surface area (Å²) < 4.78 is 5.02. The molecule has 9 nitrogen and oxygen atoms in total. The van der Waals surface area contributed by atoms with Gasteiger partial charge >= 0.3 is 5.97 Å². The second kappa shape index (κ2) is 13.2. The lowest BCUT2D eigenvalue weighted by Gasteiger charge is -2.25. The van der Waals surface area contributed by atoms with Gasteiger partial charge in [-0.05, 0) is 44.2 Å². The number of carbonyl (C=O) groups is 3. The summed E-state index contributed by atoms with van der Waals surface area (Å²) in [6.07, 6.45) is 0.960. The van der Waals surface area contributed by atoms with Crippen molar-refractivity contribution in [1.29, 1.82) is 0 Å². The molecule has 0 aliphatic heterocycles. The van der Waals surface area contributed by atoms with Gasteiger partial charge in [-0.25, -0.2) is 4.79 Å². The summed E-state index contributed by atoms with van der Waals surface area (Å²) in [6, 6.07) is 6.81. The average molecular weight is 483 g/mol. The van der Waals surface area contributed by atoms with Crippen molar-refractivity contribution in [3.05, 3.63) is 45.5 Å². The Morgan fingerprint density at radius 1 is 1.15 bits per heavy atom. The van der Waals surface area contributed by atoms with Gasteiger partial charge in [0.15, 0.2) is 5.12 Å². The smallest absolute Gasteiger partial charge is 0.329 e. The summed E-state index contributed by atoms with van der Waals surface area (Å²) in [5, 5.41) is 11.9. The summed E-state index contributed by atoms with van der Waals surface area (Å²) in [7, 11) is 0. The van der Waals surface area contributed by atoms with Crippen molar-refractivity contribution in [2.45, 2.75) is 59.9 Å². The topological polar surface area (TPSA) is 125 Å². The van der Waals surface area contributed by atoms with Crippen LogP contribution in [-0.4, -0.2) is 47.1 Å². The molecule has 0 aromatic heterocycles. The number of amides is 1. The molecule has 0 unspecified atom stereocenters. The summed E-state index contributed by atoms with van der Waals surface area (Å²) >= 11 is 0.933. The number of nitrogens with zero attached hydrogens (tertiary/aromatic N) is 1. The zero-order valence-electron chi connectivity index (χ0n) is 20.1. The van der Waals surface area contributed by atoms with E-state index in [1.54, 1.807) is 13.8 Å². The maximum atomic E-state index is 12.8. The van der Waals surface area contributed by atoms with Gasteiger partial charge in [0.05, 0.1) is 17.9 Å². The van der Waals surface area contributed by atoms with E-state index in [9.17, 15) is 24.5 Å². The van der Waals surface area contributed by atoms with Gasteiger partial charge in [-0.2, -0.15) is 0 Å². The van der Waals surface area contributed by atoms with Crippen LogP contribution in [0.3, 0.4) is 0 Å². The number of thioether (sulfide) groups is 1. The Morgan fingerprint density at radius 2 is 1.76 bits per heavy atom. The molecule has 0 spiro atoms. The minimum Gasteiger partial charge on any atom is -0.464 e. The lowest BCUT2D eigenvalue weighted by molar-refractivity contribution is -0.760. The van der Waals surface area contributed by atoms with E-state index >= 15 is 0 Å². The van der Waals surface area contributed by atoms with Crippen LogP contribution in [0.25, 0.3) is 0 Å². The molecule has 10 heteroatoms. The highest BCUT2D eigenvalue weighted by Gasteiger charge is 2.34. The van der Waals surface area contributed by atoms with Gasteiger partial charge in [0, 0.05) is 5.75 Å². The van der Waals surface area contributed by atoms with Crippen LogP contribution in [-0.2, 0) is 30.4 Å². The predicted molar refractivity (Wildman–Crippen MR) is 126 cm³/mol. The zero-order valence-corrected chi connectivity index (χ0v) is 20.9. The number of hydrogen-bond acceptors (Lipinski definition) is 8. The van der Waals surface area contributed by atoms with Crippen LogP contribution in [0.5, 0.6) is 0 Å². The van der Waals surface area contributed by atoms with Crippen LogP contribution in [0.15, 0.2) is 24.3 Å². The number of hydrogen-bond donors (Lipinski definition) is 1. The molecule has 184 valence electrons. The quantitative estimate of drug-likeness (QED) is 0.257. The van der Waals surface area contributed by atoms with E-state index < -0.39 is 40.9 Å². The fourth-order valence-corrected chi connectivity index (χ4v) is 3.82. The molecular weight excluding hydrogens is 448 g/mol. The Hall–Kier alpha value is -2.62. The first-order valence-corrected chi connectivity index (χ1v) is 11.9. The van der Waals surface area contributed by atoms with E-state index in [-0.39, 0.29) is 17.5 Å². The fourth-order valence-electron chi connectivity index (χ4n) is 2.89. The molecule has 1 rings (SSSR count). The molecular formula is C23H34N2O7S. The van der Waals surface area contributed by atoms with Crippen LogP contribution in [0.4, 0.5) is 0 Å². The standard InChI is InChI=1S/C23H34N2O7S/c1-7-31-20(26)19(24-22(28)23(5,6)14-32-25(29)30)13-33-21(27)16(4)18-10-8-17(9-11-18)12-15(2)3/h8-11,15-16,19H,7,12-14H2,1-6H3,(H,24,28)/t16-,19-/m0/s1. The summed E-state index contributed by atoms with van der Waals surface area (Å²) in [4.78, 5) is 52.4. The van der Waals surface area contributed by atoms with E-state index in [1.807, 2.05) is 24.3 Å². The zero-order chi connectivity index (χ0) is 25.2.